The van der Waals surface area contributed by atoms with E-state index in [1.807, 2.05) is 30.5 Å². The van der Waals surface area contributed by atoms with E-state index >= 15 is 0 Å². The molecule has 1 aromatic carbocycles. The van der Waals surface area contributed by atoms with Crippen molar-refractivity contribution in [2.24, 2.45) is 0 Å². The molecule has 2 aromatic rings. The standard InChI is InChI=1S/C17H19NO2/c1-12(19)13-7-9-15(10-8-13)17-16(11-18-20-17)14-5-3-2-4-6-14/h7-11,14H,2-6H2,1H3. The molecular formula is C17H19NO2. The van der Waals surface area contributed by atoms with Gasteiger partial charge in [-0.15, -0.1) is 0 Å². The van der Waals surface area contributed by atoms with Crippen LogP contribution in [0.15, 0.2) is 35.0 Å². The molecule has 3 rings (SSSR count). The number of carbonyl (C=O) groups excluding carboxylic acids is 1. The molecule has 0 radical (unpaired) electrons. The summed E-state index contributed by atoms with van der Waals surface area (Å²) >= 11 is 0. The molecule has 104 valence electrons. The van der Waals surface area contributed by atoms with E-state index in [2.05, 4.69) is 5.16 Å². The maximum Gasteiger partial charge on any atom is 0.170 e. The quantitative estimate of drug-likeness (QED) is 0.765. The summed E-state index contributed by atoms with van der Waals surface area (Å²) in [6.07, 6.45) is 8.23. The normalized spacial score (nSPS) is 16.2. The van der Waals surface area contributed by atoms with Gasteiger partial charge in [0.15, 0.2) is 11.5 Å². The predicted octanol–water partition coefficient (Wildman–Crippen LogP) is 4.59. The van der Waals surface area contributed by atoms with Crippen LogP contribution >= 0.6 is 0 Å². The maximum atomic E-state index is 11.3. The Hall–Kier alpha value is -1.90. The summed E-state index contributed by atoms with van der Waals surface area (Å²) in [6.45, 7) is 1.58. The minimum atomic E-state index is 0.0848. The number of hydrogen-bond donors (Lipinski definition) is 0. The Morgan fingerprint density at radius 1 is 1.15 bits per heavy atom. The van der Waals surface area contributed by atoms with Crippen LogP contribution < -0.4 is 0 Å². The summed E-state index contributed by atoms with van der Waals surface area (Å²) in [5.41, 5.74) is 2.96. The zero-order valence-electron chi connectivity index (χ0n) is 11.8. The number of ketones is 1. The van der Waals surface area contributed by atoms with E-state index in [9.17, 15) is 4.79 Å². The van der Waals surface area contributed by atoms with Crippen LogP contribution in [0.5, 0.6) is 0 Å². The molecule has 0 saturated heterocycles. The zero-order valence-corrected chi connectivity index (χ0v) is 11.8. The second-order valence-electron chi connectivity index (χ2n) is 5.58. The van der Waals surface area contributed by atoms with Crippen LogP contribution in [0.3, 0.4) is 0 Å². The van der Waals surface area contributed by atoms with Gasteiger partial charge in [0.1, 0.15) is 0 Å². The minimum absolute atomic E-state index is 0.0848. The molecule has 1 aromatic heterocycles. The van der Waals surface area contributed by atoms with Crippen LogP contribution in [0.2, 0.25) is 0 Å². The number of Topliss-reactive ketones (excluding diaryl/α,β-unsaturated/α-hetero) is 1. The molecule has 0 N–H and O–H groups in total. The molecule has 0 aliphatic heterocycles. The highest BCUT2D eigenvalue weighted by Crippen LogP contribution is 2.38. The summed E-state index contributed by atoms with van der Waals surface area (Å²) in [5.74, 6) is 1.52. The first kappa shape index (κ1) is 13.1. The van der Waals surface area contributed by atoms with Crippen molar-refractivity contribution in [2.45, 2.75) is 44.9 Å². The minimum Gasteiger partial charge on any atom is -0.356 e. The van der Waals surface area contributed by atoms with E-state index in [0.717, 1.165) is 16.9 Å². The van der Waals surface area contributed by atoms with Crippen LogP contribution in [-0.2, 0) is 0 Å². The van der Waals surface area contributed by atoms with Gasteiger partial charge in [-0.3, -0.25) is 4.79 Å². The van der Waals surface area contributed by atoms with E-state index in [4.69, 9.17) is 4.52 Å². The first-order valence-electron chi connectivity index (χ1n) is 7.31. The van der Waals surface area contributed by atoms with E-state index in [-0.39, 0.29) is 5.78 Å². The molecular weight excluding hydrogens is 250 g/mol. The third-order valence-corrected chi connectivity index (χ3v) is 4.20. The van der Waals surface area contributed by atoms with Crippen LogP contribution in [0.4, 0.5) is 0 Å². The second kappa shape index (κ2) is 5.61. The largest absolute Gasteiger partial charge is 0.356 e. The van der Waals surface area contributed by atoms with Gasteiger partial charge in [0, 0.05) is 16.7 Å². The maximum absolute atomic E-state index is 11.3. The van der Waals surface area contributed by atoms with Crippen molar-refractivity contribution in [1.29, 1.82) is 0 Å². The molecule has 1 aliphatic rings. The van der Waals surface area contributed by atoms with Crippen LogP contribution in [0.25, 0.3) is 11.3 Å². The van der Waals surface area contributed by atoms with E-state index in [0.29, 0.717) is 5.92 Å². The highest BCUT2D eigenvalue weighted by Gasteiger charge is 2.22. The number of nitrogens with zero attached hydrogens (tertiary/aromatic N) is 1. The monoisotopic (exact) mass is 269 g/mol. The van der Waals surface area contributed by atoms with Gasteiger partial charge in [0.05, 0.1) is 6.20 Å². The molecule has 1 fully saturated rings. The van der Waals surface area contributed by atoms with Gasteiger partial charge < -0.3 is 4.52 Å². The molecule has 1 saturated carbocycles. The molecule has 0 atom stereocenters. The summed E-state index contributed by atoms with van der Waals surface area (Å²) in [5, 5.41) is 3.99. The Morgan fingerprint density at radius 2 is 1.85 bits per heavy atom. The fraction of sp³-hybridized carbons (Fsp3) is 0.412. The summed E-state index contributed by atoms with van der Waals surface area (Å²) in [4.78, 5) is 11.3. The third kappa shape index (κ3) is 2.53. The molecule has 1 heterocycles. The van der Waals surface area contributed by atoms with E-state index in [1.54, 1.807) is 6.92 Å². The van der Waals surface area contributed by atoms with Crippen LogP contribution in [-0.4, -0.2) is 10.9 Å². The number of aromatic nitrogens is 1. The van der Waals surface area contributed by atoms with Gasteiger partial charge in [-0.05, 0) is 25.7 Å². The van der Waals surface area contributed by atoms with Crippen molar-refractivity contribution in [1.82, 2.24) is 5.16 Å². The van der Waals surface area contributed by atoms with Gasteiger partial charge in [0.25, 0.3) is 0 Å². The van der Waals surface area contributed by atoms with Gasteiger partial charge >= 0.3 is 0 Å². The Bertz CT molecular complexity index is 592. The Morgan fingerprint density at radius 3 is 2.50 bits per heavy atom. The summed E-state index contributed by atoms with van der Waals surface area (Å²) < 4.78 is 5.47. The third-order valence-electron chi connectivity index (χ3n) is 4.20. The summed E-state index contributed by atoms with van der Waals surface area (Å²) in [6, 6.07) is 7.60. The smallest absolute Gasteiger partial charge is 0.170 e. The van der Waals surface area contributed by atoms with Gasteiger partial charge in [0.2, 0.25) is 0 Å². The van der Waals surface area contributed by atoms with Crippen molar-refractivity contribution in [2.75, 3.05) is 0 Å². The lowest BCUT2D eigenvalue weighted by Crippen LogP contribution is -2.04. The van der Waals surface area contributed by atoms with Crippen molar-refractivity contribution in [3.63, 3.8) is 0 Å². The lowest BCUT2D eigenvalue weighted by Gasteiger charge is -2.20. The van der Waals surface area contributed by atoms with Gasteiger partial charge in [-0.1, -0.05) is 48.7 Å². The van der Waals surface area contributed by atoms with Crippen LogP contribution in [0.1, 0.15) is 60.9 Å². The SMILES string of the molecule is CC(=O)c1ccc(-c2oncc2C2CCCCC2)cc1. The fourth-order valence-electron chi connectivity index (χ4n) is 3.03. The lowest BCUT2D eigenvalue weighted by molar-refractivity contribution is 0.101. The fourth-order valence-corrected chi connectivity index (χ4v) is 3.03. The van der Waals surface area contributed by atoms with Gasteiger partial charge in [-0.2, -0.15) is 0 Å². The molecule has 0 unspecified atom stereocenters. The van der Waals surface area contributed by atoms with Crippen molar-refractivity contribution in [3.05, 3.63) is 41.6 Å². The molecule has 1 aliphatic carbocycles. The first-order valence-corrected chi connectivity index (χ1v) is 7.31. The second-order valence-corrected chi connectivity index (χ2v) is 5.58. The Balaban J connectivity index is 1.90. The molecule has 0 bridgehead atoms. The number of carbonyl (C=O) groups is 1. The topological polar surface area (TPSA) is 43.1 Å². The Labute approximate surface area is 119 Å². The zero-order chi connectivity index (χ0) is 13.9. The van der Waals surface area contributed by atoms with Gasteiger partial charge in [-0.25, -0.2) is 0 Å². The number of rotatable bonds is 3. The average Bonchev–Trinajstić information content (AvgIpc) is 2.97. The number of benzene rings is 1. The van der Waals surface area contributed by atoms with Crippen LogP contribution in [0, 0.1) is 0 Å². The highest BCUT2D eigenvalue weighted by atomic mass is 16.5. The van der Waals surface area contributed by atoms with Crippen molar-refractivity contribution in [3.8, 4) is 11.3 Å². The van der Waals surface area contributed by atoms with E-state index in [1.165, 1.54) is 37.7 Å². The predicted molar refractivity (Wildman–Crippen MR) is 77.8 cm³/mol. The number of hydrogen-bond acceptors (Lipinski definition) is 3. The first-order chi connectivity index (χ1) is 9.75. The molecule has 3 nitrogen and oxygen atoms in total. The van der Waals surface area contributed by atoms with E-state index < -0.39 is 0 Å². The average molecular weight is 269 g/mol. The lowest BCUT2D eigenvalue weighted by atomic mass is 9.83. The Kier molecular flexibility index (Phi) is 3.68. The molecule has 0 amide bonds. The molecule has 3 heteroatoms. The molecule has 0 spiro atoms. The molecule has 20 heavy (non-hydrogen) atoms. The van der Waals surface area contributed by atoms with Crippen molar-refractivity contribution >= 4 is 5.78 Å². The summed E-state index contributed by atoms with van der Waals surface area (Å²) in [7, 11) is 0. The van der Waals surface area contributed by atoms with Crippen molar-refractivity contribution < 1.29 is 9.32 Å². The highest BCUT2D eigenvalue weighted by molar-refractivity contribution is 5.94.